The van der Waals surface area contributed by atoms with Gasteiger partial charge in [0, 0.05) is 17.6 Å². The first-order valence-corrected chi connectivity index (χ1v) is 16.5. The maximum Gasteiger partial charge on any atom is 0.264 e. The molecule has 0 aliphatic heterocycles. The average Bonchev–Trinajstić information content (AvgIpc) is 3.01. The van der Waals surface area contributed by atoms with Crippen LogP contribution in [-0.2, 0) is 26.2 Å². The molecule has 1 saturated carbocycles. The molecular weight excluding hydrogens is 586 g/mol. The minimum Gasteiger partial charge on any atom is -0.497 e. The van der Waals surface area contributed by atoms with E-state index in [0.29, 0.717) is 17.2 Å². The predicted molar refractivity (Wildman–Crippen MR) is 170 cm³/mol. The SMILES string of the molecule is CCC(C(=O)NC1CCCCC1)N(Cc1ccccc1C)C(=O)CN(c1ccc(Cl)cc1)S(=O)(=O)c1ccc(OC)cc1. The zero-order chi connectivity index (χ0) is 31.0. The van der Waals surface area contributed by atoms with Gasteiger partial charge in [-0.15, -0.1) is 0 Å². The van der Waals surface area contributed by atoms with Crippen LogP contribution in [0.3, 0.4) is 0 Å². The van der Waals surface area contributed by atoms with E-state index in [2.05, 4.69) is 5.32 Å². The van der Waals surface area contributed by atoms with Crippen LogP contribution in [0, 0.1) is 6.92 Å². The lowest BCUT2D eigenvalue weighted by molar-refractivity contribution is -0.140. The fraction of sp³-hybridized carbons (Fsp3) is 0.394. The molecule has 1 aliphatic carbocycles. The van der Waals surface area contributed by atoms with Crippen molar-refractivity contribution in [2.24, 2.45) is 0 Å². The number of ether oxygens (including phenoxy) is 1. The highest BCUT2D eigenvalue weighted by atomic mass is 35.5. The number of benzene rings is 3. The van der Waals surface area contributed by atoms with E-state index in [4.69, 9.17) is 16.3 Å². The number of rotatable bonds is 12. The first-order chi connectivity index (χ1) is 20.6. The van der Waals surface area contributed by atoms with Crippen LogP contribution >= 0.6 is 11.6 Å². The maximum atomic E-state index is 14.3. The number of carbonyl (C=O) groups is 2. The number of anilines is 1. The molecule has 1 N–H and O–H groups in total. The molecule has 230 valence electrons. The molecule has 3 aromatic rings. The van der Waals surface area contributed by atoms with Crippen molar-refractivity contribution < 1.29 is 22.7 Å². The van der Waals surface area contributed by atoms with Crippen LogP contribution in [0.4, 0.5) is 5.69 Å². The first-order valence-electron chi connectivity index (χ1n) is 14.7. The Balaban J connectivity index is 1.71. The largest absolute Gasteiger partial charge is 0.497 e. The van der Waals surface area contributed by atoms with E-state index < -0.39 is 28.5 Å². The van der Waals surface area contributed by atoms with Crippen molar-refractivity contribution in [1.82, 2.24) is 10.2 Å². The van der Waals surface area contributed by atoms with Crippen LogP contribution in [0.1, 0.15) is 56.6 Å². The lowest BCUT2D eigenvalue weighted by Crippen LogP contribution is -2.54. The summed E-state index contributed by atoms with van der Waals surface area (Å²) in [6.45, 7) is 3.48. The van der Waals surface area contributed by atoms with Crippen molar-refractivity contribution in [1.29, 1.82) is 0 Å². The molecule has 1 atom stereocenters. The normalized spacial score (nSPS) is 14.5. The van der Waals surface area contributed by atoms with Gasteiger partial charge < -0.3 is 15.0 Å². The second-order valence-electron chi connectivity index (χ2n) is 10.9. The Morgan fingerprint density at radius 3 is 2.23 bits per heavy atom. The van der Waals surface area contributed by atoms with Gasteiger partial charge in [-0.2, -0.15) is 0 Å². The molecule has 0 aromatic heterocycles. The third-order valence-electron chi connectivity index (χ3n) is 7.98. The lowest BCUT2D eigenvalue weighted by Gasteiger charge is -2.34. The molecule has 43 heavy (non-hydrogen) atoms. The summed E-state index contributed by atoms with van der Waals surface area (Å²) in [4.78, 5) is 29.5. The van der Waals surface area contributed by atoms with Gasteiger partial charge in [0.25, 0.3) is 10.0 Å². The second-order valence-corrected chi connectivity index (χ2v) is 13.2. The van der Waals surface area contributed by atoms with Crippen LogP contribution in [0.2, 0.25) is 5.02 Å². The topological polar surface area (TPSA) is 96.0 Å². The smallest absolute Gasteiger partial charge is 0.264 e. The summed E-state index contributed by atoms with van der Waals surface area (Å²) < 4.78 is 34.3. The van der Waals surface area contributed by atoms with Gasteiger partial charge in [0.1, 0.15) is 18.3 Å². The molecule has 0 heterocycles. The molecular formula is C33H40ClN3O5S. The number of aryl methyl sites for hydroxylation is 1. The standard InChI is InChI=1S/C33H40ClN3O5S/c1-4-31(33(39)35-27-12-6-5-7-13-27)36(22-25-11-9-8-10-24(25)2)32(38)23-37(28-16-14-26(34)15-17-28)43(40,41)30-20-18-29(42-3)19-21-30/h8-11,14-21,27,31H,4-7,12-13,22-23H2,1-3H3,(H,35,39). The number of hydrogen-bond acceptors (Lipinski definition) is 5. The molecule has 0 bridgehead atoms. The maximum absolute atomic E-state index is 14.3. The van der Waals surface area contributed by atoms with Crippen molar-refractivity contribution in [3.8, 4) is 5.75 Å². The first kappa shape index (κ1) is 32.4. The van der Waals surface area contributed by atoms with Gasteiger partial charge >= 0.3 is 0 Å². The predicted octanol–water partition coefficient (Wildman–Crippen LogP) is 6.11. The number of nitrogens with one attached hydrogen (secondary N) is 1. The van der Waals surface area contributed by atoms with Crippen molar-refractivity contribution in [2.45, 2.75) is 75.9 Å². The molecule has 4 rings (SSSR count). The summed E-state index contributed by atoms with van der Waals surface area (Å²) in [5, 5.41) is 3.61. The number of sulfonamides is 1. The van der Waals surface area contributed by atoms with Gasteiger partial charge in [-0.3, -0.25) is 13.9 Å². The van der Waals surface area contributed by atoms with Crippen LogP contribution < -0.4 is 14.4 Å². The summed E-state index contributed by atoms with van der Waals surface area (Å²) in [6.07, 6.45) is 5.49. The summed E-state index contributed by atoms with van der Waals surface area (Å²) in [5.41, 5.74) is 2.14. The van der Waals surface area contributed by atoms with Crippen molar-refractivity contribution in [2.75, 3.05) is 18.0 Å². The Morgan fingerprint density at radius 1 is 0.977 bits per heavy atom. The van der Waals surface area contributed by atoms with Gasteiger partial charge in [0.05, 0.1) is 17.7 Å². The van der Waals surface area contributed by atoms with Gasteiger partial charge in [-0.1, -0.05) is 62.1 Å². The van der Waals surface area contributed by atoms with E-state index in [1.807, 2.05) is 38.1 Å². The van der Waals surface area contributed by atoms with Crippen molar-refractivity contribution in [3.63, 3.8) is 0 Å². The fourth-order valence-electron chi connectivity index (χ4n) is 5.45. The molecule has 3 aromatic carbocycles. The van der Waals surface area contributed by atoms with Gasteiger partial charge in [-0.25, -0.2) is 8.42 Å². The fourth-order valence-corrected chi connectivity index (χ4v) is 6.99. The summed E-state index contributed by atoms with van der Waals surface area (Å²) in [7, 11) is -2.69. The molecule has 10 heteroatoms. The number of halogens is 1. The molecule has 8 nitrogen and oxygen atoms in total. The molecule has 0 radical (unpaired) electrons. The Labute approximate surface area is 260 Å². The van der Waals surface area contributed by atoms with Crippen LogP contribution in [0.25, 0.3) is 0 Å². The Kier molecular flexibility index (Phi) is 11.1. The zero-order valence-corrected chi connectivity index (χ0v) is 26.5. The number of methoxy groups -OCH3 is 1. The van der Waals surface area contributed by atoms with Gasteiger partial charge in [0.15, 0.2) is 0 Å². The quantitative estimate of drug-likeness (QED) is 0.262. The van der Waals surface area contributed by atoms with Crippen LogP contribution in [0.5, 0.6) is 5.75 Å². The third kappa shape index (κ3) is 8.09. The average molecular weight is 626 g/mol. The summed E-state index contributed by atoms with van der Waals surface area (Å²) in [5.74, 6) is -0.194. The third-order valence-corrected chi connectivity index (χ3v) is 10.0. The van der Waals surface area contributed by atoms with E-state index in [-0.39, 0.29) is 29.1 Å². The molecule has 0 saturated heterocycles. The van der Waals surface area contributed by atoms with E-state index in [0.717, 1.165) is 47.5 Å². The highest BCUT2D eigenvalue weighted by Crippen LogP contribution is 2.28. The lowest BCUT2D eigenvalue weighted by atomic mass is 9.95. The van der Waals surface area contributed by atoms with E-state index in [1.54, 1.807) is 36.4 Å². The number of nitrogens with zero attached hydrogens (tertiary/aromatic N) is 2. The molecule has 1 unspecified atom stereocenters. The highest BCUT2D eigenvalue weighted by Gasteiger charge is 2.34. The molecule has 0 spiro atoms. The summed E-state index contributed by atoms with van der Waals surface area (Å²) in [6, 6.07) is 19.3. The van der Waals surface area contributed by atoms with E-state index >= 15 is 0 Å². The van der Waals surface area contributed by atoms with Crippen molar-refractivity contribution in [3.05, 3.63) is 88.9 Å². The number of amides is 2. The monoisotopic (exact) mass is 625 g/mol. The Hall–Kier alpha value is -3.56. The second kappa shape index (κ2) is 14.8. The minimum absolute atomic E-state index is 0.00332. The number of hydrogen-bond donors (Lipinski definition) is 1. The molecule has 1 fully saturated rings. The minimum atomic E-state index is -4.19. The molecule has 2 amide bonds. The van der Waals surface area contributed by atoms with E-state index in [1.165, 1.54) is 24.1 Å². The van der Waals surface area contributed by atoms with Crippen LogP contribution in [0.15, 0.2) is 77.7 Å². The van der Waals surface area contributed by atoms with Gasteiger partial charge in [-0.05, 0) is 85.8 Å². The Morgan fingerprint density at radius 2 is 1.63 bits per heavy atom. The zero-order valence-electron chi connectivity index (χ0n) is 25.0. The Bertz CT molecular complexity index is 1490. The molecule has 1 aliphatic rings. The van der Waals surface area contributed by atoms with E-state index in [9.17, 15) is 18.0 Å². The van der Waals surface area contributed by atoms with Crippen LogP contribution in [-0.4, -0.2) is 50.9 Å². The van der Waals surface area contributed by atoms with Crippen molar-refractivity contribution >= 4 is 39.1 Å². The summed E-state index contributed by atoms with van der Waals surface area (Å²) >= 11 is 6.12. The number of carbonyl (C=O) groups excluding carboxylic acids is 2. The van der Waals surface area contributed by atoms with Gasteiger partial charge in [0.2, 0.25) is 11.8 Å². The highest BCUT2D eigenvalue weighted by molar-refractivity contribution is 7.92.